The first-order valence-electron chi connectivity index (χ1n) is 7.76. The molecule has 0 fully saturated rings. The largest absolute Gasteiger partial charge is 0.356 e. The van der Waals surface area contributed by atoms with E-state index in [4.69, 9.17) is 11.6 Å². The highest BCUT2D eigenvalue weighted by molar-refractivity contribution is 7.93. The molecule has 2 aromatic rings. The average Bonchev–Trinajstić information content (AvgIpc) is 2.93. The molecule has 0 unspecified atom stereocenters. The van der Waals surface area contributed by atoms with Crippen molar-refractivity contribution in [1.82, 2.24) is 10.3 Å². The Balaban J connectivity index is 1.94. The van der Waals surface area contributed by atoms with Gasteiger partial charge in [0, 0.05) is 16.9 Å². The van der Waals surface area contributed by atoms with Crippen LogP contribution in [-0.4, -0.2) is 25.9 Å². The third kappa shape index (κ3) is 6.30. The van der Waals surface area contributed by atoms with Gasteiger partial charge >= 0.3 is 0 Å². The summed E-state index contributed by atoms with van der Waals surface area (Å²) in [5, 5.41) is 5.17. The molecular weight excluding hydrogens is 382 g/mol. The van der Waals surface area contributed by atoms with Gasteiger partial charge in [0.1, 0.15) is 0 Å². The van der Waals surface area contributed by atoms with Crippen molar-refractivity contribution in [3.63, 3.8) is 0 Å². The molecule has 1 aromatic heterocycles. The van der Waals surface area contributed by atoms with Crippen molar-refractivity contribution >= 4 is 44.0 Å². The Kier molecular flexibility index (Phi) is 6.80. The molecular formula is C16H20ClN3O3S2. The molecule has 136 valence electrons. The Bertz CT molecular complexity index is 817. The van der Waals surface area contributed by atoms with Crippen molar-refractivity contribution in [3.05, 3.63) is 40.4 Å². The molecule has 0 radical (unpaired) electrons. The zero-order chi connectivity index (χ0) is 18.4. The highest BCUT2D eigenvalue weighted by Crippen LogP contribution is 2.21. The molecule has 9 heteroatoms. The number of hydrogen-bond donors (Lipinski definition) is 2. The third-order valence-electron chi connectivity index (χ3n) is 3.28. The van der Waals surface area contributed by atoms with Crippen LogP contribution in [0.3, 0.4) is 0 Å². The number of carbonyl (C=O) groups excluding carboxylic acids is 1. The fraction of sp³-hybridized carbons (Fsp3) is 0.375. The summed E-state index contributed by atoms with van der Waals surface area (Å²) in [5.74, 6) is 0.395. The summed E-state index contributed by atoms with van der Waals surface area (Å²) in [7, 11) is -3.73. The van der Waals surface area contributed by atoms with E-state index < -0.39 is 10.0 Å². The number of rotatable bonds is 8. The predicted molar refractivity (Wildman–Crippen MR) is 101 cm³/mol. The highest BCUT2D eigenvalue weighted by Gasteiger charge is 2.16. The summed E-state index contributed by atoms with van der Waals surface area (Å²) >= 11 is 6.90. The third-order valence-corrected chi connectivity index (χ3v) is 5.83. The summed E-state index contributed by atoms with van der Waals surface area (Å²) < 4.78 is 27.0. The van der Waals surface area contributed by atoms with Crippen LogP contribution in [0.2, 0.25) is 5.02 Å². The molecule has 0 aliphatic rings. The Labute approximate surface area is 156 Å². The van der Waals surface area contributed by atoms with E-state index in [0.717, 1.165) is 17.8 Å². The van der Waals surface area contributed by atoms with Gasteiger partial charge < -0.3 is 5.32 Å². The second kappa shape index (κ2) is 8.64. The van der Waals surface area contributed by atoms with Crippen molar-refractivity contribution in [2.45, 2.75) is 31.6 Å². The van der Waals surface area contributed by atoms with Gasteiger partial charge in [-0.05, 0) is 36.6 Å². The second-order valence-electron chi connectivity index (χ2n) is 5.91. The van der Waals surface area contributed by atoms with E-state index >= 15 is 0 Å². The smallest absolute Gasteiger partial charge is 0.263 e. The van der Waals surface area contributed by atoms with Gasteiger partial charge in [0.25, 0.3) is 10.0 Å². The van der Waals surface area contributed by atoms with Crippen molar-refractivity contribution in [2.75, 3.05) is 11.3 Å². The van der Waals surface area contributed by atoms with Crippen LogP contribution in [0.1, 0.15) is 26.0 Å². The second-order valence-corrected chi connectivity index (χ2v) is 8.89. The van der Waals surface area contributed by atoms with Gasteiger partial charge in [0.2, 0.25) is 5.91 Å². The minimum Gasteiger partial charge on any atom is -0.356 e. The molecule has 0 atom stereocenters. The Hall–Kier alpha value is -1.64. The molecule has 1 amide bonds. The molecule has 2 rings (SSSR count). The molecule has 0 spiro atoms. The van der Waals surface area contributed by atoms with Gasteiger partial charge in [-0.1, -0.05) is 25.4 Å². The van der Waals surface area contributed by atoms with E-state index in [-0.39, 0.29) is 22.4 Å². The van der Waals surface area contributed by atoms with Crippen LogP contribution in [0.4, 0.5) is 5.13 Å². The van der Waals surface area contributed by atoms with Crippen LogP contribution in [0.5, 0.6) is 0 Å². The molecule has 6 nitrogen and oxygen atoms in total. The number of aromatic nitrogens is 1. The van der Waals surface area contributed by atoms with Crippen molar-refractivity contribution < 1.29 is 13.2 Å². The first-order chi connectivity index (χ1) is 11.8. The summed E-state index contributed by atoms with van der Waals surface area (Å²) in [6.45, 7) is 4.80. The first kappa shape index (κ1) is 19.7. The number of nitrogens with one attached hydrogen (secondary N) is 2. The lowest BCUT2D eigenvalue weighted by atomic mass is 10.1. The Morgan fingerprint density at radius 3 is 2.60 bits per heavy atom. The number of amides is 1. The Morgan fingerprint density at radius 1 is 1.28 bits per heavy atom. The van der Waals surface area contributed by atoms with Gasteiger partial charge in [-0.2, -0.15) is 0 Å². The average molecular weight is 402 g/mol. The molecule has 0 saturated carbocycles. The number of sulfonamides is 1. The zero-order valence-corrected chi connectivity index (χ0v) is 16.3. The van der Waals surface area contributed by atoms with Crippen LogP contribution in [0, 0.1) is 5.92 Å². The first-order valence-corrected chi connectivity index (χ1v) is 10.5. The molecule has 2 N–H and O–H groups in total. The predicted octanol–water partition coefficient (Wildman–Crippen LogP) is 3.30. The van der Waals surface area contributed by atoms with Gasteiger partial charge in [-0.3, -0.25) is 9.52 Å². The van der Waals surface area contributed by atoms with Gasteiger partial charge in [0.15, 0.2) is 5.13 Å². The molecule has 0 saturated heterocycles. The number of carbonyl (C=O) groups is 1. The standard InChI is InChI=1S/C16H20ClN3O3S2/c1-11(2)7-8-18-15(21)9-13-10-24-16(19-13)20-25(22,23)14-5-3-12(17)4-6-14/h3-6,10-11H,7-9H2,1-2H3,(H,18,21)(H,19,20). The minimum absolute atomic E-state index is 0.0973. The summed E-state index contributed by atoms with van der Waals surface area (Å²) in [6, 6.07) is 5.85. The van der Waals surface area contributed by atoms with Crippen LogP contribution >= 0.6 is 22.9 Å². The van der Waals surface area contributed by atoms with Gasteiger partial charge in [-0.25, -0.2) is 13.4 Å². The molecule has 1 aromatic carbocycles. The zero-order valence-electron chi connectivity index (χ0n) is 14.0. The summed E-state index contributed by atoms with van der Waals surface area (Å²) in [5.41, 5.74) is 0.529. The van der Waals surface area contributed by atoms with E-state index in [1.165, 1.54) is 24.3 Å². The maximum atomic E-state index is 12.3. The minimum atomic E-state index is -3.73. The van der Waals surface area contributed by atoms with Crippen molar-refractivity contribution in [3.8, 4) is 0 Å². The SMILES string of the molecule is CC(C)CCNC(=O)Cc1csc(NS(=O)(=O)c2ccc(Cl)cc2)n1. The monoisotopic (exact) mass is 401 g/mol. The van der Waals surface area contributed by atoms with Crippen LogP contribution < -0.4 is 10.0 Å². The van der Waals surface area contributed by atoms with Gasteiger partial charge in [-0.15, -0.1) is 11.3 Å². The number of benzene rings is 1. The van der Waals surface area contributed by atoms with Crippen LogP contribution in [-0.2, 0) is 21.2 Å². The lowest BCUT2D eigenvalue weighted by Crippen LogP contribution is -2.27. The molecule has 0 aliphatic heterocycles. The fourth-order valence-corrected chi connectivity index (χ4v) is 4.04. The number of hydrogen-bond acceptors (Lipinski definition) is 5. The number of halogens is 1. The number of thiazole rings is 1. The van der Waals surface area contributed by atoms with E-state index in [1.54, 1.807) is 5.38 Å². The topological polar surface area (TPSA) is 88.2 Å². The lowest BCUT2D eigenvalue weighted by Gasteiger charge is -2.06. The van der Waals surface area contributed by atoms with E-state index in [2.05, 4.69) is 28.9 Å². The molecule has 1 heterocycles. The number of anilines is 1. The highest BCUT2D eigenvalue weighted by atomic mass is 35.5. The van der Waals surface area contributed by atoms with Crippen LogP contribution in [0.15, 0.2) is 34.5 Å². The lowest BCUT2D eigenvalue weighted by molar-refractivity contribution is -0.120. The van der Waals surface area contributed by atoms with E-state index in [0.29, 0.717) is 23.2 Å². The van der Waals surface area contributed by atoms with Gasteiger partial charge in [0.05, 0.1) is 17.0 Å². The van der Waals surface area contributed by atoms with Crippen molar-refractivity contribution in [1.29, 1.82) is 0 Å². The maximum Gasteiger partial charge on any atom is 0.263 e. The fourth-order valence-electron chi connectivity index (χ4n) is 1.95. The molecule has 0 aliphatic carbocycles. The van der Waals surface area contributed by atoms with E-state index in [9.17, 15) is 13.2 Å². The van der Waals surface area contributed by atoms with Crippen LogP contribution in [0.25, 0.3) is 0 Å². The molecule has 25 heavy (non-hydrogen) atoms. The normalized spacial score (nSPS) is 11.5. The number of nitrogens with zero attached hydrogens (tertiary/aromatic N) is 1. The maximum absolute atomic E-state index is 12.3. The summed E-state index contributed by atoms with van der Waals surface area (Å²) in [4.78, 5) is 16.1. The summed E-state index contributed by atoms with van der Waals surface area (Å²) in [6.07, 6.45) is 1.03. The van der Waals surface area contributed by atoms with E-state index in [1.807, 2.05) is 0 Å². The molecule has 0 bridgehead atoms. The Morgan fingerprint density at radius 2 is 1.96 bits per heavy atom. The quantitative estimate of drug-likeness (QED) is 0.710. The van der Waals surface area contributed by atoms with Crippen molar-refractivity contribution in [2.24, 2.45) is 5.92 Å².